The maximum atomic E-state index is 12.4. The van der Waals surface area contributed by atoms with Gasteiger partial charge in [-0.05, 0) is 56.8 Å². The Labute approximate surface area is 172 Å². The van der Waals surface area contributed by atoms with Crippen LogP contribution in [-0.2, 0) is 0 Å². The summed E-state index contributed by atoms with van der Waals surface area (Å²) in [5.41, 5.74) is 0.535. The summed E-state index contributed by atoms with van der Waals surface area (Å²) in [5.74, 6) is 1.34. The Hall–Kier alpha value is -0.590. The summed E-state index contributed by atoms with van der Waals surface area (Å²) in [5, 5.41) is 7.23. The third-order valence-electron chi connectivity index (χ3n) is 5.96. The van der Waals surface area contributed by atoms with Gasteiger partial charge < -0.3 is 10.6 Å². The molecule has 8 heteroatoms. The normalized spacial score (nSPS) is 30.3. The minimum Gasteiger partial charge on any atom is -0.350 e. The molecule has 2 bridgehead atoms. The molecular formula is C18H27Cl3N4O. The van der Waals surface area contributed by atoms with Gasteiger partial charge in [-0.2, -0.15) is 0 Å². The molecule has 0 radical (unpaired) electrons. The predicted molar refractivity (Wildman–Crippen MR) is 109 cm³/mol. The summed E-state index contributed by atoms with van der Waals surface area (Å²) < 4.78 is 0. The van der Waals surface area contributed by atoms with Crippen LogP contribution in [0, 0.1) is 11.8 Å². The third-order valence-corrected chi connectivity index (χ3v) is 6.17. The van der Waals surface area contributed by atoms with Crippen molar-refractivity contribution in [1.82, 2.24) is 20.5 Å². The fourth-order valence-corrected chi connectivity index (χ4v) is 5.06. The Morgan fingerprint density at radius 3 is 2.88 bits per heavy atom. The van der Waals surface area contributed by atoms with Crippen LogP contribution in [0.15, 0.2) is 18.5 Å². The second-order valence-corrected chi connectivity index (χ2v) is 7.82. The van der Waals surface area contributed by atoms with Crippen LogP contribution < -0.4 is 10.6 Å². The first-order valence-electron chi connectivity index (χ1n) is 9.07. The van der Waals surface area contributed by atoms with Crippen molar-refractivity contribution in [3.8, 4) is 0 Å². The van der Waals surface area contributed by atoms with Crippen molar-refractivity contribution in [3.63, 3.8) is 0 Å². The Morgan fingerprint density at radius 1 is 1.27 bits per heavy atom. The molecule has 0 unspecified atom stereocenters. The average molecular weight is 422 g/mol. The first-order chi connectivity index (χ1) is 11.7. The van der Waals surface area contributed by atoms with Crippen molar-refractivity contribution in [2.75, 3.05) is 26.2 Å². The number of rotatable bonds is 3. The van der Waals surface area contributed by atoms with Crippen molar-refractivity contribution >= 4 is 42.3 Å². The van der Waals surface area contributed by atoms with E-state index < -0.39 is 0 Å². The lowest BCUT2D eigenvalue weighted by Crippen LogP contribution is -2.65. The van der Waals surface area contributed by atoms with Crippen LogP contribution in [-0.4, -0.2) is 54.1 Å². The van der Waals surface area contributed by atoms with Gasteiger partial charge in [0.2, 0.25) is 0 Å². The third kappa shape index (κ3) is 4.45. The molecule has 0 saturated carbocycles. The van der Waals surface area contributed by atoms with Crippen LogP contribution in [0.4, 0.5) is 0 Å². The lowest BCUT2D eigenvalue weighted by molar-refractivity contribution is -0.0371. The summed E-state index contributed by atoms with van der Waals surface area (Å²) >= 11 is 5.94. The van der Waals surface area contributed by atoms with E-state index in [1.165, 1.54) is 32.2 Å². The molecule has 3 aliphatic heterocycles. The van der Waals surface area contributed by atoms with Crippen molar-refractivity contribution in [2.24, 2.45) is 11.8 Å². The smallest absolute Gasteiger partial charge is 0.252 e. The van der Waals surface area contributed by atoms with Gasteiger partial charge in [0.1, 0.15) is 0 Å². The number of piperidine rings is 3. The topological polar surface area (TPSA) is 57.3 Å². The first kappa shape index (κ1) is 21.7. The lowest BCUT2D eigenvalue weighted by Gasteiger charge is -2.55. The monoisotopic (exact) mass is 420 g/mol. The number of nitrogens with zero attached hydrogens (tertiary/aromatic N) is 2. The number of hydrogen-bond donors (Lipinski definition) is 2. The Balaban J connectivity index is 0.00000121. The number of carbonyl (C=O) groups excluding carboxylic acids is 1. The molecule has 1 aromatic rings. The molecule has 2 N–H and O–H groups in total. The van der Waals surface area contributed by atoms with Gasteiger partial charge in [0.05, 0.1) is 10.6 Å². The number of fused-ring (bicyclic) bond motifs is 4. The molecule has 3 saturated heterocycles. The highest BCUT2D eigenvalue weighted by atomic mass is 35.5. The molecule has 4 heterocycles. The number of pyridine rings is 1. The number of carbonyl (C=O) groups is 1. The molecule has 0 aliphatic carbocycles. The van der Waals surface area contributed by atoms with Crippen LogP contribution in [0.25, 0.3) is 0 Å². The zero-order valence-electron chi connectivity index (χ0n) is 14.7. The summed E-state index contributed by atoms with van der Waals surface area (Å²) in [6.07, 6.45) is 8.35. The molecule has 1 aromatic heterocycles. The average Bonchev–Trinajstić information content (AvgIpc) is 2.62. The Kier molecular flexibility index (Phi) is 7.98. The number of halogens is 3. The van der Waals surface area contributed by atoms with E-state index in [4.69, 9.17) is 11.6 Å². The number of amides is 1. The highest BCUT2D eigenvalue weighted by molar-refractivity contribution is 6.30. The van der Waals surface area contributed by atoms with Crippen LogP contribution in [0.5, 0.6) is 0 Å². The summed E-state index contributed by atoms with van der Waals surface area (Å²) in [4.78, 5) is 19.1. The zero-order chi connectivity index (χ0) is 16.5. The maximum Gasteiger partial charge on any atom is 0.252 e. The van der Waals surface area contributed by atoms with Gasteiger partial charge in [-0.1, -0.05) is 18.0 Å². The molecule has 3 aliphatic rings. The van der Waals surface area contributed by atoms with Crippen molar-refractivity contribution < 1.29 is 4.79 Å². The van der Waals surface area contributed by atoms with Crippen molar-refractivity contribution in [3.05, 3.63) is 29.0 Å². The summed E-state index contributed by atoms with van der Waals surface area (Å²) in [6.45, 7) is 4.11. The summed E-state index contributed by atoms with van der Waals surface area (Å²) in [6, 6.07) is 2.81. The molecule has 146 valence electrons. The van der Waals surface area contributed by atoms with E-state index in [0.29, 0.717) is 35.1 Å². The maximum absolute atomic E-state index is 12.4. The molecule has 5 nitrogen and oxygen atoms in total. The van der Waals surface area contributed by atoms with Crippen molar-refractivity contribution in [1.29, 1.82) is 0 Å². The zero-order valence-corrected chi connectivity index (χ0v) is 17.1. The largest absolute Gasteiger partial charge is 0.350 e. The number of hydrogen-bond acceptors (Lipinski definition) is 4. The van der Waals surface area contributed by atoms with Crippen LogP contribution in [0.3, 0.4) is 0 Å². The Bertz CT molecular complexity index is 618. The van der Waals surface area contributed by atoms with Gasteiger partial charge in [-0.15, -0.1) is 24.8 Å². The van der Waals surface area contributed by atoms with Crippen LogP contribution in [0.2, 0.25) is 5.02 Å². The molecule has 1 amide bonds. The number of aromatic nitrogens is 1. The molecule has 26 heavy (non-hydrogen) atoms. The molecule has 4 atom stereocenters. The van der Waals surface area contributed by atoms with E-state index in [9.17, 15) is 4.79 Å². The molecule has 3 fully saturated rings. The van der Waals surface area contributed by atoms with E-state index in [-0.39, 0.29) is 30.7 Å². The standard InChI is InChI=1S/C18H25ClN4O.2ClH/c19-15-6-14(9-21-10-15)18(24)22-11-17-13-5-12(7-20-8-13)16-3-1-2-4-23(16)17;;/h6,9-10,12-13,16-17,20H,1-5,7-8,11H2,(H,22,24);2*1H/t12-,13+,16+,17+;;/m1../s1. The number of nitrogens with one attached hydrogen (secondary N) is 2. The molecule has 4 rings (SSSR count). The van der Waals surface area contributed by atoms with Gasteiger partial charge in [-0.3, -0.25) is 14.7 Å². The van der Waals surface area contributed by atoms with Crippen LogP contribution in [0.1, 0.15) is 36.0 Å². The summed E-state index contributed by atoms with van der Waals surface area (Å²) in [7, 11) is 0. The Morgan fingerprint density at radius 2 is 2.08 bits per heavy atom. The fraction of sp³-hybridized carbons (Fsp3) is 0.667. The predicted octanol–water partition coefficient (Wildman–Crippen LogP) is 2.77. The minimum absolute atomic E-state index is 0. The minimum atomic E-state index is -0.0792. The molecule has 0 aromatic carbocycles. The van der Waals surface area contributed by atoms with Gasteiger partial charge in [-0.25, -0.2) is 0 Å². The van der Waals surface area contributed by atoms with Crippen molar-refractivity contribution in [2.45, 2.75) is 37.8 Å². The first-order valence-corrected chi connectivity index (χ1v) is 9.45. The second kappa shape index (κ2) is 9.56. The van der Waals surface area contributed by atoms with Gasteiger partial charge in [0.25, 0.3) is 5.91 Å². The van der Waals surface area contributed by atoms with E-state index in [1.807, 2.05) is 0 Å². The van der Waals surface area contributed by atoms with E-state index in [1.54, 1.807) is 18.5 Å². The molecule has 0 spiro atoms. The van der Waals surface area contributed by atoms with E-state index in [0.717, 1.165) is 19.0 Å². The highest BCUT2D eigenvalue weighted by Crippen LogP contribution is 2.38. The quantitative estimate of drug-likeness (QED) is 0.788. The lowest BCUT2D eigenvalue weighted by atomic mass is 9.73. The van der Waals surface area contributed by atoms with E-state index >= 15 is 0 Å². The SMILES string of the molecule is Cl.Cl.O=C(NC[C@H]1[C@@H]2CNC[C@@H](C2)[C@@H]2CCCCN21)c1cncc(Cl)c1. The van der Waals surface area contributed by atoms with Gasteiger partial charge >= 0.3 is 0 Å². The highest BCUT2D eigenvalue weighted by Gasteiger charge is 2.45. The van der Waals surface area contributed by atoms with Gasteiger partial charge in [0, 0.05) is 31.0 Å². The van der Waals surface area contributed by atoms with E-state index in [2.05, 4.69) is 20.5 Å². The van der Waals surface area contributed by atoms with Crippen LogP contribution >= 0.6 is 36.4 Å². The second-order valence-electron chi connectivity index (χ2n) is 7.38. The van der Waals surface area contributed by atoms with Gasteiger partial charge in [0.15, 0.2) is 0 Å². The molecular weight excluding hydrogens is 395 g/mol. The fourth-order valence-electron chi connectivity index (χ4n) is 4.88.